The van der Waals surface area contributed by atoms with Gasteiger partial charge in [0.2, 0.25) is 0 Å². The smallest absolute Gasteiger partial charge is 0.160 e. The molecule has 0 N–H and O–H groups in total. The van der Waals surface area contributed by atoms with E-state index in [9.17, 15) is 0 Å². The molecule has 2 nitrogen and oxygen atoms in total. The molecule has 0 fully saturated rings. The lowest BCUT2D eigenvalue weighted by atomic mass is 9.83. The third kappa shape index (κ3) is 6.50. The summed E-state index contributed by atoms with van der Waals surface area (Å²) in [4.78, 5) is 10.4. The first-order chi connectivity index (χ1) is 23.2. The molecular formula is C45H40N2. The van der Waals surface area contributed by atoms with Crippen LogP contribution in [0.5, 0.6) is 0 Å². The summed E-state index contributed by atoms with van der Waals surface area (Å²) in [6.07, 6.45) is 11.1. The molecule has 230 valence electrons. The van der Waals surface area contributed by atoms with E-state index in [-0.39, 0.29) is 0 Å². The van der Waals surface area contributed by atoms with Gasteiger partial charge in [-0.15, -0.1) is 0 Å². The van der Waals surface area contributed by atoms with Crippen LogP contribution in [-0.4, -0.2) is 9.97 Å². The van der Waals surface area contributed by atoms with Crippen molar-refractivity contribution in [2.45, 2.75) is 45.4 Å². The van der Waals surface area contributed by atoms with Gasteiger partial charge in [-0.3, -0.25) is 0 Å². The van der Waals surface area contributed by atoms with E-state index in [1.165, 1.54) is 44.5 Å². The van der Waals surface area contributed by atoms with Gasteiger partial charge in [-0.05, 0) is 64.8 Å². The molecule has 5 aromatic carbocycles. The van der Waals surface area contributed by atoms with Crippen molar-refractivity contribution in [2.75, 3.05) is 0 Å². The fraction of sp³-hybridized carbons (Fsp3) is 0.156. The Balaban J connectivity index is 1.24. The van der Waals surface area contributed by atoms with Gasteiger partial charge in [0.25, 0.3) is 0 Å². The van der Waals surface area contributed by atoms with Gasteiger partial charge in [0, 0.05) is 28.2 Å². The molecule has 47 heavy (non-hydrogen) atoms. The maximum atomic E-state index is 5.25. The van der Waals surface area contributed by atoms with Crippen LogP contribution in [0.25, 0.3) is 50.6 Å². The van der Waals surface area contributed by atoms with Crippen molar-refractivity contribution in [1.82, 2.24) is 9.97 Å². The lowest BCUT2D eigenvalue weighted by Crippen LogP contribution is -2.06. The Labute approximate surface area is 279 Å². The number of benzene rings is 5. The third-order valence-electron chi connectivity index (χ3n) is 9.18. The van der Waals surface area contributed by atoms with Crippen molar-refractivity contribution in [3.05, 3.63) is 174 Å². The van der Waals surface area contributed by atoms with Crippen molar-refractivity contribution in [3.8, 4) is 45.0 Å². The van der Waals surface area contributed by atoms with Gasteiger partial charge in [0.15, 0.2) is 5.82 Å². The maximum Gasteiger partial charge on any atom is 0.160 e. The van der Waals surface area contributed by atoms with E-state index in [0.29, 0.717) is 5.92 Å². The first-order valence-corrected chi connectivity index (χ1v) is 16.9. The zero-order chi connectivity index (χ0) is 32.0. The summed E-state index contributed by atoms with van der Waals surface area (Å²) in [5.74, 6) is 1.12. The topological polar surface area (TPSA) is 25.8 Å². The second-order valence-electron chi connectivity index (χ2n) is 12.3. The molecule has 0 radical (unpaired) electrons. The standard InChI is InChI=1S/C45H40N2/c1-3-15-39-31-40(44-41(4-2)43(35-18-10-6-11-19-35)46-45(47-44)36-20-12-7-13-21-36)28-29-42(39)34-26-24-33(25-27-34)38-23-14-22-37(30-38)32-16-8-5-9-17-32/h5-14,16-26,28-31,34H,3-4,15,27H2,1-2H3. The number of aromatic nitrogens is 2. The SMILES string of the molecule is CCCc1cc(-c2nc(-c3ccccc3)nc(-c3ccccc3)c2CC)ccc1C1C=CC(c2cccc(-c3ccccc3)c2)=CC1. The summed E-state index contributed by atoms with van der Waals surface area (Å²) in [5, 5.41) is 0. The predicted molar refractivity (Wildman–Crippen MR) is 198 cm³/mol. The van der Waals surface area contributed by atoms with Gasteiger partial charge in [-0.25, -0.2) is 9.97 Å². The summed E-state index contributed by atoms with van der Waals surface area (Å²) in [6.45, 7) is 4.48. The van der Waals surface area contributed by atoms with Gasteiger partial charge in [0.1, 0.15) is 0 Å². The monoisotopic (exact) mass is 608 g/mol. The van der Waals surface area contributed by atoms with Crippen LogP contribution in [0.2, 0.25) is 0 Å². The second-order valence-corrected chi connectivity index (χ2v) is 12.3. The minimum Gasteiger partial charge on any atom is -0.228 e. The lowest BCUT2D eigenvalue weighted by Gasteiger charge is -2.22. The lowest BCUT2D eigenvalue weighted by molar-refractivity contribution is 0.817. The summed E-state index contributed by atoms with van der Waals surface area (Å²) >= 11 is 0. The van der Waals surface area contributed by atoms with Crippen molar-refractivity contribution in [3.63, 3.8) is 0 Å². The molecule has 1 aliphatic carbocycles. The summed E-state index contributed by atoms with van der Waals surface area (Å²) < 4.78 is 0. The molecule has 2 heteroatoms. The van der Waals surface area contributed by atoms with Gasteiger partial charge < -0.3 is 0 Å². The van der Waals surface area contributed by atoms with Gasteiger partial charge in [0.05, 0.1) is 11.4 Å². The molecule has 1 atom stereocenters. The molecule has 1 unspecified atom stereocenters. The van der Waals surface area contributed by atoms with E-state index >= 15 is 0 Å². The number of rotatable bonds is 9. The van der Waals surface area contributed by atoms with E-state index in [1.807, 2.05) is 6.07 Å². The van der Waals surface area contributed by atoms with Crippen LogP contribution in [0.4, 0.5) is 0 Å². The van der Waals surface area contributed by atoms with Crippen LogP contribution in [0, 0.1) is 0 Å². The third-order valence-corrected chi connectivity index (χ3v) is 9.18. The van der Waals surface area contributed by atoms with E-state index in [2.05, 4.69) is 159 Å². The van der Waals surface area contributed by atoms with E-state index < -0.39 is 0 Å². The molecule has 0 saturated heterocycles. The van der Waals surface area contributed by atoms with Crippen LogP contribution in [0.1, 0.15) is 54.9 Å². The highest BCUT2D eigenvalue weighted by Gasteiger charge is 2.20. The molecule has 1 aromatic heterocycles. The Bertz CT molecular complexity index is 2040. The van der Waals surface area contributed by atoms with E-state index in [4.69, 9.17) is 9.97 Å². The zero-order valence-electron chi connectivity index (χ0n) is 27.2. The van der Waals surface area contributed by atoms with Crippen molar-refractivity contribution < 1.29 is 0 Å². The summed E-state index contributed by atoms with van der Waals surface area (Å²) in [6, 6.07) is 47.5. The van der Waals surface area contributed by atoms with Crippen molar-refractivity contribution >= 4 is 5.57 Å². The molecule has 6 aromatic rings. The van der Waals surface area contributed by atoms with Crippen LogP contribution >= 0.6 is 0 Å². The first-order valence-electron chi connectivity index (χ1n) is 16.9. The Kier molecular flexibility index (Phi) is 9.01. The van der Waals surface area contributed by atoms with Gasteiger partial charge in [-0.1, -0.05) is 160 Å². The van der Waals surface area contributed by atoms with Gasteiger partial charge >= 0.3 is 0 Å². The van der Waals surface area contributed by atoms with Crippen molar-refractivity contribution in [2.24, 2.45) is 0 Å². The molecule has 0 bridgehead atoms. The minimum atomic E-state index is 0.350. The number of aryl methyl sites for hydroxylation is 1. The van der Waals surface area contributed by atoms with Crippen LogP contribution < -0.4 is 0 Å². The number of hydrogen-bond acceptors (Lipinski definition) is 2. The molecule has 0 aliphatic heterocycles. The normalized spacial score (nSPS) is 14.2. The number of allylic oxidation sites excluding steroid dienone is 4. The van der Waals surface area contributed by atoms with Crippen molar-refractivity contribution in [1.29, 1.82) is 0 Å². The Morgan fingerprint density at radius 1 is 0.574 bits per heavy atom. The van der Waals surface area contributed by atoms with Crippen LogP contribution in [0.3, 0.4) is 0 Å². The highest BCUT2D eigenvalue weighted by Crippen LogP contribution is 2.38. The van der Waals surface area contributed by atoms with Crippen LogP contribution in [0.15, 0.2) is 152 Å². The highest BCUT2D eigenvalue weighted by molar-refractivity contribution is 5.80. The molecule has 1 heterocycles. The average molecular weight is 609 g/mol. The Hall–Kier alpha value is -5.34. The molecule has 0 amide bonds. The number of hydrogen-bond donors (Lipinski definition) is 0. The molecule has 0 spiro atoms. The Morgan fingerprint density at radius 3 is 1.83 bits per heavy atom. The summed E-state index contributed by atoms with van der Waals surface area (Å²) in [7, 11) is 0. The fourth-order valence-corrected chi connectivity index (χ4v) is 6.78. The first kappa shape index (κ1) is 30.3. The second kappa shape index (κ2) is 14.0. The van der Waals surface area contributed by atoms with Crippen LogP contribution in [-0.2, 0) is 12.8 Å². The Morgan fingerprint density at radius 2 is 1.19 bits per heavy atom. The maximum absolute atomic E-state index is 5.25. The molecular weight excluding hydrogens is 569 g/mol. The average Bonchev–Trinajstić information content (AvgIpc) is 3.15. The largest absolute Gasteiger partial charge is 0.228 e. The molecule has 1 aliphatic rings. The zero-order valence-corrected chi connectivity index (χ0v) is 27.2. The molecule has 7 rings (SSSR count). The summed E-state index contributed by atoms with van der Waals surface area (Å²) in [5.41, 5.74) is 14.4. The van der Waals surface area contributed by atoms with Gasteiger partial charge in [-0.2, -0.15) is 0 Å². The molecule has 0 saturated carbocycles. The minimum absolute atomic E-state index is 0.350. The highest BCUT2D eigenvalue weighted by atomic mass is 14.9. The quantitative estimate of drug-likeness (QED) is 0.163. The van der Waals surface area contributed by atoms with E-state index in [1.54, 1.807) is 0 Å². The van der Waals surface area contributed by atoms with E-state index in [0.717, 1.165) is 54.0 Å². The number of nitrogens with zero attached hydrogens (tertiary/aromatic N) is 2. The fourth-order valence-electron chi connectivity index (χ4n) is 6.78. The predicted octanol–water partition coefficient (Wildman–Crippen LogP) is 11.8.